The first-order valence-corrected chi connectivity index (χ1v) is 8.78. The van der Waals surface area contributed by atoms with E-state index in [1.165, 1.54) is 38.5 Å². The molecule has 0 saturated heterocycles. The molecule has 0 radical (unpaired) electrons. The predicted octanol–water partition coefficient (Wildman–Crippen LogP) is 4.57. The van der Waals surface area contributed by atoms with Gasteiger partial charge in [-0.3, -0.25) is 0 Å². The fourth-order valence-corrected chi connectivity index (χ4v) is 5.36. The molecule has 0 aromatic heterocycles. The van der Waals surface area contributed by atoms with Crippen LogP contribution in [0, 0.1) is 17.8 Å². The first kappa shape index (κ1) is 14.8. The lowest BCUT2D eigenvalue weighted by molar-refractivity contribution is -0.219. The minimum Gasteiger partial charge on any atom is -0.381 e. The Kier molecular flexibility index (Phi) is 4.16. The molecule has 4 rings (SSSR count). The fourth-order valence-electron chi connectivity index (χ4n) is 5.36. The average molecular weight is 280 g/mol. The molecule has 2 heteroatoms. The Morgan fingerprint density at radius 3 is 2.00 bits per heavy atom. The second-order valence-corrected chi connectivity index (χ2v) is 8.32. The normalized spacial score (nSPS) is 39.5. The number of hydrogen-bond donors (Lipinski definition) is 0. The molecule has 4 bridgehead atoms. The van der Waals surface area contributed by atoms with Gasteiger partial charge >= 0.3 is 0 Å². The van der Waals surface area contributed by atoms with Gasteiger partial charge in [-0.25, -0.2) is 0 Å². The van der Waals surface area contributed by atoms with Crippen LogP contribution in [-0.2, 0) is 9.47 Å². The Balaban J connectivity index is 1.56. The van der Waals surface area contributed by atoms with Gasteiger partial charge in [0.05, 0.1) is 11.2 Å². The molecule has 0 N–H and O–H groups in total. The molecular formula is C18H32O2. The van der Waals surface area contributed by atoms with Crippen LogP contribution in [0.2, 0.25) is 0 Å². The van der Waals surface area contributed by atoms with Crippen LogP contribution in [0.4, 0.5) is 0 Å². The summed E-state index contributed by atoms with van der Waals surface area (Å²) in [6.45, 7) is 8.42. The van der Waals surface area contributed by atoms with Gasteiger partial charge in [0, 0.05) is 13.2 Å². The summed E-state index contributed by atoms with van der Waals surface area (Å²) in [5.41, 5.74) is 0.197. The first-order valence-electron chi connectivity index (χ1n) is 8.78. The minimum atomic E-state index is -0.0284. The smallest absolute Gasteiger partial charge is 0.0697 e. The van der Waals surface area contributed by atoms with Crippen LogP contribution in [0.25, 0.3) is 0 Å². The number of hydrogen-bond acceptors (Lipinski definition) is 2. The molecule has 0 aliphatic heterocycles. The van der Waals surface area contributed by atoms with Crippen molar-refractivity contribution in [1.29, 1.82) is 0 Å². The van der Waals surface area contributed by atoms with Crippen molar-refractivity contribution >= 4 is 0 Å². The standard InChI is InChI=1S/C18H32O2/c1-4-6-19-7-5-17(2,3)20-18-11-14-8-15(12-18)10-16(9-14)13-18/h14-16H,4-13H2,1-3H3. The van der Waals surface area contributed by atoms with Crippen LogP contribution in [0.3, 0.4) is 0 Å². The highest BCUT2D eigenvalue weighted by atomic mass is 16.5. The molecule has 0 unspecified atom stereocenters. The van der Waals surface area contributed by atoms with Gasteiger partial charge in [-0.05, 0) is 83.0 Å². The van der Waals surface area contributed by atoms with Crippen molar-refractivity contribution < 1.29 is 9.47 Å². The maximum Gasteiger partial charge on any atom is 0.0697 e. The summed E-state index contributed by atoms with van der Waals surface area (Å²) in [6, 6.07) is 0. The van der Waals surface area contributed by atoms with Crippen molar-refractivity contribution in [3.05, 3.63) is 0 Å². The van der Waals surface area contributed by atoms with Crippen molar-refractivity contribution in [1.82, 2.24) is 0 Å². The van der Waals surface area contributed by atoms with Gasteiger partial charge in [0.15, 0.2) is 0 Å². The third-order valence-corrected chi connectivity index (χ3v) is 5.67. The first-order chi connectivity index (χ1) is 9.50. The zero-order chi connectivity index (χ0) is 14.2. The largest absolute Gasteiger partial charge is 0.381 e. The van der Waals surface area contributed by atoms with Crippen LogP contribution in [-0.4, -0.2) is 24.4 Å². The lowest BCUT2D eigenvalue weighted by atomic mass is 9.54. The highest BCUT2D eigenvalue weighted by Crippen LogP contribution is 2.58. The van der Waals surface area contributed by atoms with E-state index in [1.54, 1.807) is 0 Å². The Bertz CT molecular complexity index is 299. The quantitative estimate of drug-likeness (QED) is 0.636. The Morgan fingerprint density at radius 1 is 0.950 bits per heavy atom. The molecule has 0 aromatic carbocycles. The molecule has 4 fully saturated rings. The molecule has 2 nitrogen and oxygen atoms in total. The summed E-state index contributed by atoms with van der Waals surface area (Å²) in [5.74, 6) is 2.90. The molecule has 0 atom stereocenters. The molecule has 0 aromatic rings. The third kappa shape index (κ3) is 3.22. The summed E-state index contributed by atoms with van der Waals surface area (Å²) in [4.78, 5) is 0. The van der Waals surface area contributed by atoms with Gasteiger partial charge in [-0.15, -0.1) is 0 Å². The van der Waals surface area contributed by atoms with Crippen molar-refractivity contribution in [3.8, 4) is 0 Å². The van der Waals surface area contributed by atoms with E-state index in [0.717, 1.165) is 43.8 Å². The maximum absolute atomic E-state index is 6.74. The fraction of sp³-hybridized carbons (Fsp3) is 1.00. The topological polar surface area (TPSA) is 18.5 Å². The molecule has 0 amide bonds. The zero-order valence-corrected chi connectivity index (χ0v) is 13.6. The summed E-state index contributed by atoms with van der Waals surface area (Å²) >= 11 is 0. The van der Waals surface area contributed by atoms with Crippen molar-refractivity contribution in [3.63, 3.8) is 0 Å². The van der Waals surface area contributed by atoms with Gasteiger partial charge in [-0.1, -0.05) is 6.92 Å². The lowest BCUT2D eigenvalue weighted by Gasteiger charge is -2.58. The van der Waals surface area contributed by atoms with E-state index in [4.69, 9.17) is 9.47 Å². The Labute approximate surface area is 124 Å². The van der Waals surface area contributed by atoms with E-state index < -0.39 is 0 Å². The van der Waals surface area contributed by atoms with Crippen molar-refractivity contribution in [2.75, 3.05) is 13.2 Å². The van der Waals surface area contributed by atoms with Gasteiger partial charge < -0.3 is 9.47 Å². The lowest BCUT2D eigenvalue weighted by Crippen LogP contribution is -2.55. The van der Waals surface area contributed by atoms with Crippen LogP contribution in [0.5, 0.6) is 0 Å². The highest BCUT2D eigenvalue weighted by molar-refractivity contribution is 5.04. The zero-order valence-electron chi connectivity index (χ0n) is 13.6. The van der Waals surface area contributed by atoms with Gasteiger partial charge in [0.1, 0.15) is 0 Å². The maximum atomic E-state index is 6.74. The van der Waals surface area contributed by atoms with E-state index in [9.17, 15) is 0 Å². The molecule has 0 heterocycles. The number of rotatable bonds is 7. The third-order valence-electron chi connectivity index (χ3n) is 5.67. The highest BCUT2D eigenvalue weighted by Gasteiger charge is 2.53. The average Bonchev–Trinajstić information content (AvgIpc) is 2.31. The van der Waals surface area contributed by atoms with Crippen molar-refractivity contribution in [2.45, 2.75) is 83.3 Å². The van der Waals surface area contributed by atoms with E-state index in [-0.39, 0.29) is 11.2 Å². The Morgan fingerprint density at radius 2 is 1.50 bits per heavy atom. The minimum absolute atomic E-state index is 0.0284. The van der Waals surface area contributed by atoms with Crippen LogP contribution in [0.1, 0.15) is 72.1 Å². The molecule has 4 aliphatic rings. The van der Waals surface area contributed by atoms with Crippen LogP contribution < -0.4 is 0 Å². The van der Waals surface area contributed by atoms with Crippen LogP contribution >= 0.6 is 0 Å². The summed E-state index contributed by atoms with van der Waals surface area (Å²) in [6.07, 6.45) is 10.6. The Hall–Kier alpha value is -0.0800. The predicted molar refractivity (Wildman–Crippen MR) is 81.8 cm³/mol. The van der Waals surface area contributed by atoms with E-state index in [2.05, 4.69) is 20.8 Å². The monoisotopic (exact) mass is 280 g/mol. The van der Waals surface area contributed by atoms with E-state index in [1.807, 2.05) is 0 Å². The summed E-state index contributed by atoms with van der Waals surface area (Å²) < 4.78 is 12.4. The second kappa shape index (κ2) is 5.61. The summed E-state index contributed by atoms with van der Waals surface area (Å²) in [5, 5.41) is 0. The molecule has 0 spiro atoms. The van der Waals surface area contributed by atoms with Gasteiger partial charge in [-0.2, -0.15) is 0 Å². The SMILES string of the molecule is CCCOCCC(C)(C)OC12CC3CC(CC(C3)C1)C2. The molecule has 116 valence electrons. The molecule has 4 saturated carbocycles. The van der Waals surface area contributed by atoms with Crippen molar-refractivity contribution in [2.24, 2.45) is 17.8 Å². The van der Waals surface area contributed by atoms with Gasteiger partial charge in [0.2, 0.25) is 0 Å². The van der Waals surface area contributed by atoms with Gasteiger partial charge in [0.25, 0.3) is 0 Å². The summed E-state index contributed by atoms with van der Waals surface area (Å²) in [7, 11) is 0. The van der Waals surface area contributed by atoms with Crippen LogP contribution in [0.15, 0.2) is 0 Å². The molecule has 4 aliphatic carbocycles. The molecular weight excluding hydrogens is 248 g/mol. The molecule has 20 heavy (non-hydrogen) atoms. The van der Waals surface area contributed by atoms with E-state index >= 15 is 0 Å². The number of ether oxygens (including phenoxy) is 2. The second-order valence-electron chi connectivity index (χ2n) is 8.32. The van der Waals surface area contributed by atoms with E-state index in [0.29, 0.717) is 0 Å².